The van der Waals surface area contributed by atoms with Gasteiger partial charge in [-0.3, -0.25) is 0 Å². The van der Waals surface area contributed by atoms with Crippen molar-refractivity contribution in [1.82, 2.24) is 0 Å². The van der Waals surface area contributed by atoms with Gasteiger partial charge in [0.2, 0.25) is 0 Å². The number of halogens is 1. The Kier molecular flexibility index (Phi) is 2.94. The predicted molar refractivity (Wildman–Crippen MR) is 89.4 cm³/mol. The molecule has 1 aromatic heterocycles. The van der Waals surface area contributed by atoms with Gasteiger partial charge in [0, 0.05) is 16.2 Å². The van der Waals surface area contributed by atoms with E-state index in [-0.39, 0.29) is 5.58 Å². The van der Waals surface area contributed by atoms with Gasteiger partial charge in [0.25, 0.3) is 0 Å². The molecule has 1 fully saturated rings. The lowest BCUT2D eigenvalue weighted by molar-refractivity contribution is 0.00578. The second-order valence-electron chi connectivity index (χ2n) is 7.03. The molecule has 0 radical (unpaired) electrons. The van der Waals surface area contributed by atoms with Crippen molar-refractivity contribution < 1.29 is 18.1 Å². The zero-order valence-electron chi connectivity index (χ0n) is 13.6. The highest BCUT2D eigenvalue weighted by atomic mass is 19.1. The summed E-state index contributed by atoms with van der Waals surface area (Å²) in [5, 5.41) is 1.67. The van der Waals surface area contributed by atoms with Gasteiger partial charge in [-0.2, -0.15) is 0 Å². The molecule has 3 nitrogen and oxygen atoms in total. The molecule has 1 saturated heterocycles. The monoisotopic (exact) mass is 312 g/mol. The molecule has 0 atom stereocenters. The average Bonchev–Trinajstić information content (AvgIpc) is 2.95. The molecule has 4 rings (SSSR count). The van der Waals surface area contributed by atoms with E-state index in [0.29, 0.717) is 11.0 Å². The van der Waals surface area contributed by atoms with E-state index in [1.165, 1.54) is 0 Å². The third-order valence-corrected chi connectivity index (χ3v) is 5.02. The van der Waals surface area contributed by atoms with E-state index in [0.717, 1.165) is 10.8 Å². The Hall–Kier alpha value is -1.85. The maximum absolute atomic E-state index is 15.0. The summed E-state index contributed by atoms with van der Waals surface area (Å²) in [4.78, 5) is 0. The fourth-order valence-corrected chi connectivity index (χ4v) is 2.92. The van der Waals surface area contributed by atoms with Crippen LogP contribution in [0.2, 0.25) is 0 Å². The van der Waals surface area contributed by atoms with Crippen molar-refractivity contribution in [2.75, 3.05) is 0 Å². The number of hydrogen-bond acceptors (Lipinski definition) is 3. The van der Waals surface area contributed by atoms with Gasteiger partial charge < -0.3 is 13.7 Å². The fourth-order valence-electron chi connectivity index (χ4n) is 2.92. The average molecular weight is 312 g/mol. The first-order chi connectivity index (χ1) is 10.8. The van der Waals surface area contributed by atoms with E-state index in [1.54, 1.807) is 6.07 Å². The Labute approximate surface area is 134 Å². The maximum Gasteiger partial charge on any atom is 0.498 e. The molecule has 1 aliphatic heterocycles. The zero-order chi connectivity index (χ0) is 16.4. The van der Waals surface area contributed by atoms with Gasteiger partial charge in [-0.1, -0.05) is 30.3 Å². The van der Waals surface area contributed by atoms with Crippen LogP contribution in [0.4, 0.5) is 4.39 Å². The SMILES string of the molecule is CC1(C)OB(c2ccc3c(oc4ccccc43)c2F)OC1(C)C. The molecule has 0 bridgehead atoms. The van der Waals surface area contributed by atoms with Crippen LogP contribution in [0.1, 0.15) is 27.7 Å². The number of furan rings is 1. The molecule has 0 unspecified atom stereocenters. The molecule has 2 heterocycles. The Morgan fingerprint density at radius 2 is 1.52 bits per heavy atom. The molecule has 23 heavy (non-hydrogen) atoms. The van der Waals surface area contributed by atoms with Gasteiger partial charge in [0.1, 0.15) is 5.58 Å². The molecule has 3 aromatic rings. The molecule has 1 aliphatic rings. The largest absolute Gasteiger partial charge is 0.498 e. The molecule has 0 N–H and O–H groups in total. The lowest BCUT2D eigenvalue weighted by atomic mass is 9.78. The number of hydrogen-bond donors (Lipinski definition) is 0. The molecule has 2 aromatic carbocycles. The van der Waals surface area contributed by atoms with Crippen LogP contribution in [0, 0.1) is 5.82 Å². The molecule has 118 valence electrons. The minimum absolute atomic E-state index is 0.249. The first kappa shape index (κ1) is 14.7. The zero-order valence-corrected chi connectivity index (χ0v) is 13.6. The van der Waals surface area contributed by atoms with E-state index in [9.17, 15) is 0 Å². The number of para-hydroxylation sites is 1. The van der Waals surface area contributed by atoms with Crippen LogP contribution in [0.3, 0.4) is 0 Å². The Morgan fingerprint density at radius 1 is 0.870 bits per heavy atom. The molecular formula is C18H18BFO3. The van der Waals surface area contributed by atoms with Crippen molar-refractivity contribution in [1.29, 1.82) is 0 Å². The van der Waals surface area contributed by atoms with Crippen LogP contribution < -0.4 is 5.46 Å². The second kappa shape index (κ2) is 4.59. The molecule has 5 heteroatoms. The lowest BCUT2D eigenvalue weighted by Gasteiger charge is -2.32. The van der Waals surface area contributed by atoms with E-state index < -0.39 is 24.1 Å². The molecule has 0 aliphatic carbocycles. The van der Waals surface area contributed by atoms with Gasteiger partial charge in [-0.25, -0.2) is 4.39 Å². The van der Waals surface area contributed by atoms with Crippen LogP contribution in [0.25, 0.3) is 21.9 Å². The summed E-state index contributed by atoms with van der Waals surface area (Å²) in [6.45, 7) is 7.80. The molecular weight excluding hydrogens is 294 g/mol. The van der Waals surface area contributed by atoms with E-state index >= 15 is 4.39 Å². The third-order valence-electron chi connectivity index (χ3n) is 5.02. The first-order valence-electron chi connectivity index (χ1n) is 7.75. The lowest BCUT2D eigenvalue weighted by Crippen LogP contribution is -2.41. The van der Waals surface area contributed by atoms with Crippen molar-refractivity contribution in [3.8, 4) is 0 Å². The normalized spacial score (nSPS) is 19.8. The van der Waals surface area contributed by atoms with Crippen molar-refractivity contribution in [3.05, 3.63) is 42.2 Å². The number of benzene rings is 2. The highest BCUT2D eigenvalue weighted by molar-refractivity contribution is 6.62. The van der Waals surface area contributed by atoms with Crippen molar-refractivity contribution in [2.45, 2.75) is 38.9 Å². The van der Waals surface area contributed by atoms with Crippen molar-refractivity contribution >= 4 is 34.5 Å². The van der Waals surface area contributed by atoms with Crippen LogP contribution in [0.15, 0.2) is 40.8 Å². The number of rotatable bonds is 1. The van der Waals surface area contributed by atoms with Gasteiger partial charge in [-0.15, -0.1) is 0 Å². The van der Waals surface area contributed by atoms with Crippen LogP contribution in [-0.2, 0) is 9.31 Å². The van der Waals surface area contributed by atoms with Gasteiger partial charge in [-0.05, 0) is 33.8 Å². The second-order valence-corrected chi connectivity index (χ2v) is 7.03. The molecule has 0 saturated carbocycles. The van der Waals surface area contributed by atoms with Gasteiger partial charge in [0.15, 0.2) is 11.4 Å². The maximum atomic E-state index is 15.0. The van der Waals surface area contributed by atoms with E-state index in [2.05, 4.69) is 0 Å². The number of fused-ring (bicyclic) bond motifs is 3. The topological polar surface area (TPSA) is 31.6 Å². The Balaban J connectivity index is 1.86. The predicted octanol–water partition coefficient (Wildman–Crippen LogP) is 4.02. The van der Waals surface area contributed by atoms with Crippen LogP contribution >= 0.6 is 0 Å². The minimum atomic E-state index is -0.738. The minimum Gasteiger partial charge on any atom is -0.453 e. The highest BCUT2D eigenvalue weighted by Gasteiger charge is 2.52. The summed E-state index contributed by atoms with van der Waals surface area (Å²) in [7, 11) is -0.738. The molecule has 0 amide bonds. The fraction of sp³-hybridized carbons (Fsp3) is 0.333. The van der Waals surface area contributed by atoms with E-state index in [4.69, 9.17) is 13.7 Å². The third kappa shape index (κ3) is 2.03. The molecule has 0 spiro atoms. The first-order valence-corrected chi connectivity index (χ1v) is 7.75. The van der Waals surface area contributed by atoms with Crippen molar-refractivity contribution in [2.24, 2.45) is 0 Å². The standard InChI is InChI=1S/C18H18BFO3/c1-17(2)18(3,4)23-19(22-17)13-10-9-12-11-7-5-6-8-14(11)21-16(12)15(13)20/h5-10H,1-4H3. The van der Waals surface area contributed by atoms with Gasteiger partial charge in [0.05, 0.1) is 11.2 Å². The summed E-state index contributed by atoms with van der Waals surface area (Å²) in [5.41, 5.74) is 0.279. The summed E-state index contributed by atoms with van der Waals surface area (Å²) in [5.74, 6) is -0.419. The Bertz CT molecular complexity index is 897. The summed E-state index contributed by atoms with van der Waals surface area (Å²) >= 11 is 0. The summed E-state index contributed by atoms with van der Waals surface area (Å²) in [6, 6.07) is 11.1. The summed E-state index contributed by atoms with van der Waals surface area (Å²) < 4.78 is 32.6. The summed E-state index contributed by atoms with van der Waals surface area (Å²) in [6.07, 6.45) is 0. The van der Waals surface area contributed by atoms with Gasteiger partial charge >= 0.3 is 7.12 Å². The van der Waals surface area contributed by atoms with Crippen LogP contribution in [0.5, 0.6) is 0 Å². The quantitative estimate of drug-likeness (QED) is 0.636. The van der Waals surface area contributed by atoms with E-state index in [1.807, 2.05) is 58.0 Å². The Morgan fingerprint density at radius 3 is 2.22 bits per heavy atom. The van der Waals surface area contributed by atoms with Crippen molar-refractivity contribution in [3.63, 3.8) is 0 Å². The highest BCUT2D eigenvalue weighted by Crippen LogP contribution is 2.37. The van der Waals surface area contributed by atoms with Crippen LogP contribution in [-0.4, -0.2) is 18.3 Å². The smallest absolute Gasteiger partial charge is 0.453 e.